The lowest BCUT2D eigenvalue weighted by Gasteiger charge is -2.45. The van der Waals surface area contributed by atoms with Gasteiger partial charge in [0, 0.05) is 35.6 Å². The maximum atomic E-state index is 13.8. The molecule has 0 radical (unpaired) electrons. The third-order valence-corrected chi connectivity index (χ3v) is 8.50. The van der Waals surface area contributed by atoms with Crippen LogP contribution in [0.25, 0.3) is 0 Å². The monoisotopic (exact) mass is 571 g/mol. The Bertz CT molecular complexity index is 1430. The second-order valence-corrected chi connectivity index (χ2v) is 10.7. The minimum atomic E-state index is -1.85. The quantitative estimate of drug-likeness (QED) is 0.219. The Morgan fingerprint density at radius 2 is 1.76 bits per heavy atom. The number of aliphatic hydroxyl groups excluding tert-OH is 1. The maximum Gasteiger partial charge on any atom is 0.316 e. The van der Waals surface area contributed by atoms with E-state index < -0.39 is 82.3 Å². The Kier molecular flexibility index (Phi) is 7.33. The van der Waals surface area contributed by atoms with Crippen LogP contribution in [-0.2, 0) is 19.0 Å². The first-order valence-corrected chi connectivity index (χ1v) is 13.3. The predicted molar refractivity (Wildman–Crippen MR) is 141 cm³/mol. The van der Waals surface area contributed by atoms with Crippen LogP contribution in [0, 0.1) is 0 Å². The van der Waals surface area contributed by atoms with Crippen LogP contribution in [0.2, 0.25) is 0 Å². The first-order valence-electron chi connectivity index (χ1n) is 13.3. The van der Waals surface area contributed by atoms with Gasteiger partial charge < -0.3 is 45.1 Å². The summed E-state index contributed by atoms with van der Waals surface area (Å²) in [5.41, 5.74) is 2.63. The van der Waals surface area contributed by atoms with E-state index in [1.165, 1.54) is 25.3 Å². The predicted octanol–water partition coefficient (Wildman–Crippen LogP) is 1.56. The van der Waals surface area contributed by atoms with Gasteiger partial charge in [0.1, 0.15) is 23.2 Å². The van der Waals surface area contributed by atoms with E-state index in [9.17, 15) is 34.8 Å². The minimum Gasteiger partial charge on any atom is -0.507 e. The second kappa shape index (κ2) is 10.4. The number of rotatable bonds is 5. The van der Waals surface area contributed by atoms with Gasteiger partial charge in [-0.2, -0.15) is 0 Å². The zero-order valence-corrected chi connectivity index (χ0v) is 23.0. The van der Waals surface area contributed by atoms with Gasteiger partial charge in [0.05, 0.1) is 54.8 Å². The third-order valence-electron chi connectivity index (χ3n) is 8.50. The molecule has 0 saturated carbocycles. The van der Waals surface area contributed by atoms with Gasteiger partial charge in [0.15, 0.2) is 12.1 Å². The number of ketones is 2. The number of ether oxygens (including phenoxy) is 4. The number of phenols is 2. The number of phenolic OH excluding ortho intramolecular Hbond substituents is 2. The molecule has 2 aliphatic carbocycles. The Hall–Kier alpha value is -3.55. The van der Waals surface area contributed by atoms with E-state index in [1.807, 2.05) is 0 Å². The number of nitrogens with two attached hydrogens (primary N) is 1. The smallest absolute Gasteiger partial charge is 0.316 e. The summed E-state index contributed by atoms with van der Waals surface area (Å²) in [7, 11) is 2.44. The van der Waals surface area contributed by atoms with Crippen molar-refractivity contribution in [2.24, 2.45) is 5.73 Å². The van der Waals surface area contributed by atoms with Crippen LogP contribution in [0.15, 0.2) is 18.2 Å². The normalized spacial score (nSPS) is 30.7. The highest BCUT2D eigenvalue weighted by molar-refractivity contribution is 6.31. The lowest BCUT2D eigenvalue weighted by atomic mass is 9.66. The van der Waals surface area contributed by atoms with Gasteiger partial charge in [-0.25, -0.2) is 0 Å². The molecule has 0 spiro atoms. The number of aromatic hydroxyl groups is 2. The van der Waals surface area contributed by atoms with Crippen LogP contribution in [0.3, 0.4) is 0 Å². The van der Waals surface area contributed by atoms with Gasteiger partial charge in [-0.1, -0.05) is 19.1 Å². The summed E-state index contributed by atoms with van der Waals surface area (Å²) in [4.78, 5) is 40.7. The second-order valence-electron chi connectivity index (χ2n) is 10.7. The van der Waals surface area contributed by atoms with Crippen molar-refractivity contribution in [1.82, 2.24) is 0 Å². The molecule has 12 nitrogen and oxygen atoms in total. The van der Waals surface area contributed by atoms with E-state index in [-0.39, 0.29) is 47.3 Å². The molecule has 220 valence electrons. The Morgan fingerprint density at radius 3 is 2.37 bits per heavy atom. The zero-order valence-electron chi connectivity index (χ0n) is 23.0. The summed E-state index contributed by atoms with van der Waals surface area (Å²) in [5.74, 6) is -5.35. The molecule has 0 amide bonds. The Labute approximate surface area is 235 Å². The topological polar surface area (TPSA) is 195 Å². The molecule has 6 N–H and O–H groups in total. The van der Waals surface area contributed by atoms with Crippen molar-refractivity contribution in [2.75, 3.05) is 14.2 Å². The number of benzene rings is 2. The standard InChI is InChI=1S/C29H33NO11/c1-5-29(37)10-15(41-16-9-13(30)23(31)11(2)40-16)18-19(22(29)28(36)39-4)27(35)20-21(26(18)34)25(33)17-12(24(20)32)7-6-8-14(17)38-3/h6-8,11,13,15-16,22-23,31,34-35,37H,5,9-10,30H2,1-4H3. The van der Waals surface area contributed by atoms with Gasteiger partial charge in [0.2, 0.25) is 5.78 Å². The Morgan fingerprint density at radius 1 is 1.10 bits per heavy atom. The lowest BCUT2D eigenvalue weighted by Crippen LogP contribution is -2.52. The van der Waals surface area contributed by atoms with E-state index >= 15 is 0 Å². The number of aliphatic hydroxyl groups is 2. The number of hydrogen-bond acceptors (Lipinski definition) is 12. The molecule has 1 fully saturated rings. The molecule has 12 heteroatoms. The number of fused-ring (bicyclic) bond motifs is 3. The fourth-order valence-corrected chi connectivity index (χ4v) is 6.29. The number of hydrogen-bond donors (Lipinski definition) is 5. The van der Waals surface area contributed by atoms with Crippen LogP contribution in [-0.4, -0.2) is 82.3 Å². The van der Waals surface area contributed by atoms with Crippen molar-refractivity contribution in [3.8, 4) is 17.2 Å². The van der Waals surface area contributed by atoms with Gasteiger partial charge in [-0.15, -0.1) is 0 Å². The molecule has 0 aromatic heterocycles. The maximum absolute atomic E-state index is 13.8. The summed E-state index contributed by atoms with van der Waals surface area (Å²) in [6.45, 7) is 3.23. The molecule has 7 unspecified atom stereocenters. The molecule has 2 aromatic carbocycles. The molecule has 2 aromatic rings. The fraction of sp³-hybridized carbons (Fsp3) is 0.483. The lowest BCUT2D eigenvalue weighted by molar-refractivity contribution is -0.249. The molecule has 7 atom stereocenters. The highest BCUT2D eigenvalue weighted by Crippen LogP contribution is 2.57. The zero-order chi connectivity index (χ0) is 30.0. The molecule has 41 heavy (non-hydrogen) atoms. The van der Waals surface area contributed by atoms with Crippen molar-refractivity contribution in [3.63, 3.8) is 0 Å². The van der Waals surface area contributed by atoms with E-state index in [4.69, 9.17) is 24.7 Å². The third kappa shape index (κ3) is 4.29. The molecule has 0 bridgehead atoms. The molecule has 1 heterocycles. The largest absolute Gasteiger partial charge is 0.507 e. The fourth-order valence-electron chi connectivity index (χ4n) is 6.29. The van der Waals surface area contributed by atoms with Crippen LogP contribution >= 0.6 is 0 Å². The van der Waals surface area contributed by atoms with E-state index in [1.54, 1.807) is 13.8 Å². The van der Waals surface area contributed by atoms with Crippen molar-refractivity contribution in [2.45, 2.75) is 75.3 Å². The first kappa shape index (κ1) is 29.0. The van der Waals surface area contributed by atoms with Crippen molar-refractivity contribution in [3.05, 3.63) is 51.6 Å². The first-order chi connectivity index (χ1) is 19.4. The summed E-state index contributed by atoms with van der Waals surface area (Å²) in [6, 6.07) is 3.69. The summed E-state index contributed by atoms with van der Waals surface area (Å²) >= 11 is 0. The molecule has 5 rings (SSSR count). The van der Waals surface area contributed by atoms with E-state index in [0.29, 0.717) is 0 Å². The number of carbonyl (C=O) groups is 3. The van der Waals surface area contributed by atoms with Crippen LogP contribution in [0.5, 0.6) is 17.2 Å². The Balaban J connectivity index is 1.76. The number of esters is 1. The van der Waals surface area contributed by atoms with Gasteiger partial charge in [0.25, 0.3) is 0 Å². The molecule has 1 saturated heterocycles. The van der Waals surface area contributed by atoms with Crippen molar-refractivity contribution < 1.29 is 53.8 Å². The summed E-state index contributed by atoms with van der Waals surface area (Å²) < 4.78 is 22.2. The van der Waals surface area contributed by atoms with E-state index in [2.05, 4.69) is 0 Å². The molecular formula is C29H33NO11. The van der Waals surface area contributed by atoms with Crippen molar-refractivity contribution in [1.29, 1.82) is 0 Å². The average molecular weight is 572 g/mol. The number of methoxy groups -OCH3 is 2. The summed E-state index contributed by atoms with van der Waals surface area (Å²) in [6.07, 6.45) is -4.10. The number of carbonyl (C=O) groups excluding carboxylic acids is 3. The van der Waals surface area contributed by atoms with Crippen LogP contribution < -0.4 is 10.5 Å². The van der Waals surface area contributed by atoms with E-state index in [0.717, 1.165) is 7.11 Å². The molecular weight excluding hydrogens is 538 g/mol. The van der Waals surface area contributed by atoms with Crippen LogP contribution in [0.1, 0.15) is 88.1 Å². The summed E-state index contributed by atoms with van der Waals surface area (Å²) in [5, 5.41) is 45.3. The minimum absolute atomic E-state index is 0.00355. The van der Waals surface area contributed by atoms with Gasteiger partial charge in [-0.05, 0) is 19.4 Å². The molecule has 1 aliphatic heterocycles. The van der Waals surface area contributed by atoms with Gasteiger partial charge >= 0.3 is 5.97 Å². The highest BCUT2D eigenvalue weighted by atomic mass is 16.7. The highest BCUT2D eigenvalue weighted by Gasteiger charge is 2.54. The van der Waals surface area contributed by atoms with Crippen molar-refractivity contribution >= 4 is 17.5 Å². The van der Waals surface area contributed by atoms with Gasteiger partial charge in [-0.3, -0.25) is 14.4 Å². The van der Waals surface area contributed by atoms with Crippen LogP contribution in [0.4, 0.5) is 0 Å². The SMILES string of the molecule is CCC1(O)CC(OC2CC(N)C(O)C(C)O2)c2c(O)c3c(c(O)c2C1C(=O)OC)C(=O)c1cccc(OC)c1C3=O. The average Bonchev–Trinajstić information content (AvgIpc) is 2.95. The molecule has 3 aliphatic rings.